The zero-order valence-corrected chi connectivity index (χ0v) is 8.45. The van der Waals surface area contributed by atoms with E-state index in [9.17, 15) is 0 Å². The molecule has 0 aliphatic carbocycles. The van der Waals surface area contributed by atoms with E-state index in [0.29, 0.717) is 0 Å². The third-order valence-electron chi connectivity index (χ3n) is 1.72. The summed E-state index contributed by atoms with van der Waals surface area (Å²) in [5, 5.41) is 12.4. The summed E-state index contributed by atoms with van der Waals surface area (Å²) >= 11 is 1.86. The van der Waals surface area contributed by atoms with E-state index in [1.54, 1.807) is 0 Å². The first-order valence-electron chi connectivity index (χ1n) is 4.09. The van der Waals surface area contributed by atoms with Gasteiger partial charge >= 0.3 is 0 Å². The molecule has 0 aliphatic rings. The average molecular weight is 177 g/mol. The Kier molecular flexibility index (Phi) is 7.12. The molecule has 3 heteroatoms. The highest BCUT2D eigenvalue weighted by Crippen LogP contribution is 1.95. The van der Waals surface area contributed by atoms with Crippen molar-refractivity contribution in [1.29, 1.82) is 0 Å². The van der Waals surface area contributed by atoms with Crippen molar-refractivity contribution < 1.29 is 5.11 Å². The molecule has 0 aromatic rings. The van der Waals surface area contributed by atoms with E-state index >= 15 is 0 Å². The van der Waals surface area contributed by atoms with E-state index < -0.39 is 0 Å². The lowest BCUT2D eigenvalue weighted by molar-refractivity contribution is 0.153. The number of aliphatic hydroxyl groups excluding tert-OH is 1. The van der Waals surface area contributed by atoms with Crippen molar-refractivity contribution in [2.45, 2.75) is 32.4 Å². The highest BCUT2D eigenvalue weighted by molar-refractivity contribution is 7.98. The van der Waals surface area contributed by atoms with Crippen LogP contribution >= 0.6 is 11.8 Å². The highest BCUT2D eigenvalue weighted by atomic mass is 32.2. The van der Waals surface area contributed by atoms with Gasteiger partial charge in [-0.1, -0.05) is 0 Å². The minimum atomic E-state index is -0.246. The molecule has 0 amide bonds. The molecule has 0 fully saturated rings. The Morgan fingerprint density at radius 3 is 2.55 bits per heavy atom. The Morgan fingerprint density at radius 1 is 1.45 bits per heavy atom. The largest absolute Gasteiger partial charge is 0.392 e. The Balaban J connectivity index is 3.10. The minimum absolute atomic E-state index is 0.219. The predicted molar refractivity (Wildman–Crippen MR) is 52.1 cm³/mol. The quantitative estimate of drug-likeness (QED) is 0.596. The van der Waals surface area contributed by atoms with E-state index in [0.717, 1.165) is 6.54 Å². The number of hydrogen-bond donors (Lipinski definition) is 2. The molecule has 2 unspecified atom stereocenters. The van der Waals surface area contributed by atoms with Crippen LogP contribution in [0.5, 0.6) is 0 Å². The average Bonchev–Trinajstić information content (AvgIpc) is 1.97. The molecule has 0 saturated carbocycles. The van der Waals surface area contributed by atoms with Crippen LogP contribution in [0.2, 0.25) is 0 Å². The Hall–Kier alpha value is 0.270. The second-order valence-corrected chi connectivity index (χ2v) is 3.82. The molecule has 0 aliphatic heterocycles. The summed E-state index contributed by atoms with van der Waals surface area (Å²) in [6.07, 6.45) is 3.04. The van der Waals surface area contributed by atoms with Crippen molar-refractivity contribution in [3.05, 3.63) is 0 Å². The Bertz CT molecular complexity index is 88.2. The zero-order valence-electron chi connectivity index (χ0n) is 7.63. The molecule has 0 saturated heterocycles. The predicted octanol–water partition coefficient (Wildman–Crippen LogP) is 1.10. The number of thioether (sulfide) groups is 1. The van der Waals surface area contributed by atoms with Crippen molar-refractivity contribution in [1.82, 2.24) is 5.32 Å². The molecule has 0 radical (unpaired) electrons. The molecule has 0 aromatic heterocycles. The van der Waals surface area contributed by atoms with Gasteiger partial charge in [-0.25, -0.2) is 0 Å². The smallest absolute Gasteiger partial charge is 0.0662 e. The van der Waals surface area contributed by atoms with E-state index in [-0.39, 0.29) is 12.1 Å². The van der Waals surface area contributed by atoms with Gasteiger partial charge < -0.3 is 10.4 Å². The number of rotatable bonds is 6. The maximum Gasteiger partial charge on any atom is 0.0662 e. The molecule has 68 valence electrons. The maximum absolute atomic E-state index is 9.11. The lowest BCUT2D eigenvalue weighted by Gasteiger charge is -2.15. The Labute approximate surface area is 73.8 Å². The maximum atomic E-state index is 9.11. The normalized spacial score (nSPS) is 16.4. The monoisotopic (exact) mass is 177 g/mol. The fourth-order valence-corrected chi connectivity index (χ4v) is 1.15. The third-order valence-corrected chi connectivity index (χ3v) is 2.41. The van der Waals surface area contributed by atoms with Gasteiger partial charge in [0.15, 0.2) is 0 Å². The first kappa shape index (κ1) is 11.3. The van der Waals surface area contributed by atoms with Crippen molar-refractivity contribution >= 4 is 11.8 Å². The number of aliphatic hydroxyl groups is 1. The molecule has 0 aromatic carbocycles. The third kappa shape index (κ3) is 6.66. The van der Waals surface area contributed by atoms with Crippen molar-refractivity contribution in [3.63, 3.8) is 0 Å². The van der Waals surface area contributed by atoms with Crippen LogP contribution < -0.4 is 5.32 Å². The Morgan fingerprint density at radius 2 is 2.09 bits per heavy atom. The lowest BCUT2D eigenvalue weighted by Crippen LogP contribution is -2.36. The SMILES string of the molecule is CSCCCNC(C)C(C)O. The van der Waals surface area contributed by atoms with Crippen LogP contribution in [0, 0.1) is 0 Å². The van der Waals surface area contributed by atoms with Gasteiger partial charge in [-0.2, -0.15) is 11.8 Å². The molecule has 0 bridgehead atoms. The van der Waals surface area contributed by atoms with Crippen molar-refractivity contribution in [2.24, 2.45) is 0 Å². The van der Waals surface area contributed by atoms with E-state index in [1.807, 2.05) is 25.6 Å². The van der Waals surface area contributed by atoms with Gasteiger partial charge in [0.25, 0.3) is 0 Å². The summed E-state index contributed by atoms with van der Waals surface area (Å²) in [5.74, 6) is 1.19. The topological polar surface area (TPSA) is 32.3 Å². The van der Waals surface area contributed by atoms with E-state index in [1.165, 1.54) is 12.2 Å². The lowest BCUT2D eigenvalue weighted by atomic mass is 10.2. The fraction of sp³-hybridized carbons (Fsp3) is 1.00. The standard InChI is InChI=1S/C8H19NOS/c1-7(8(2)10)9-5-4-6-11-3/h7-10H,4-6H2,1-3H3. The second-order valence-electron chi connectivity index (χ2n) is 2.83. The van der Waals surface area contributed by atoms with Gasteiger partial charge in [0.2, 0.25) is 0 Å². The van der Waals surface area contributed by atoms with Gasteiger partial charge in [-0.3, -0.25) is 0 Å². The van der Waals surface area contributed by atoms with E-state index in [2.05, 4.69) is 11.6 Å². The van der Waals surface area contributed by atoms with Crippen LogP contribution in [-0.2, 0) is 0 Å². The van der Waals surface area contributed by atoms with Crippen molar-refractivity contribution in [3.8, 4) is 0 Å². The summed E-state index contributed by atoms with van der Waals surface area (Å²) in [5.41, 5.74) is 0. The molecule has 0 heterocycles. The van der Waals surface area contributed by atoms with Gasteiger partial charge in [0.1, 0.15) is 0 Å². The molecular formula is C8H19NOS. The molecule has 2 nitrogen and oxygen atoms in total. The number of hydrogen-bond acceptors (Lipinski definition) is 3. The summed E-state index contributed by atoms with van der Waals surface area (Å²) in [6.45, 7) is 4.82. The molecule has 0 rings (SSSR count). The van der Waals surface area contributed by atoms with Gasteiger partial charge in [-0.15, -0.1) is 0 Å². The number of nitrogens with one attached hydrogen (secondary N) is 1. The minimum Gasteiger partial charge on any atom is -0.392 e. The summed E-state index contributed by atoms with van der Waals surface area (Å²) < 4.78 is 0. The van der Waals surface area contributed by atoms with Gasteiger partial charge in [0, 0.05) is 6.04 Å². The van der Waals surface area contributed by atoms with Crippen LogP contribution in [-0.4, -0.2) is 35.8 Å². The van der Waals surface area contributed by atoms with Gasteiger partial charge in [-0.05, 0) is 38.8 Å². The van der Waals surface area contributed by atoms with Crippen LogP contribution in [0.1, 0.15) is 20.3 Å². The second kappa shape index (κ2) is 6.95. The van der Waals surface area contributed by atoms with Crippen LogP contribution in [0.3, 0.4) is 0 Å². The fourth-order valence-electron chi connectivity index (χ4n) is 0.717. The first-order chi connectivity index (χ1) is 5.18. The van der Waals surface area contributed by atoms with E-state index in [4.69, 9.17) is 5.11 Å². The van der Waals surface area contributed by atoms with Crippen LogP contribution in [0.15, 0.2) is 0 Å². The molecule has 0 spiro atoms. The molecule has 11 heavy (non-hydrogen) atoms. The summed E-state index contributed by atoms with van der Waals surface area (Å²) in [4.78, 5) is 0. The van der Waals surface area contributed by atoms with Crippen molar-refractivity contribution in [2.75, 3.05) is 18.6 Å². The molecule has 2 N–H and O–H groups in total. The summed E-state index contributed by atoms with van der Waals surface area (Å²) in [6, 6.07) is 0.219. The summed E-state index contributed by atoms with van der Waals surface area (Å²) in [7, 11) is 0. The molecule has 2 atom stereocenters. The zero-order chi connectivity index (χ0) is 8.69. The van der Waals surface area contributed by atoms with Crippen LogP contribution in [0.4, 0.5) is 0 Å². The van der Waals surface area contributed by atoms with Gasteiger partial charge in [0.05, 0.1) is 6.10 Å². The van der Waals surface area contributed by atoms with Crippen LogP contribution in [0.25, 0.3) is 0 Å². The molecular weight excluding hydrogens is 158 g/mol. The highest BCUT2D eigenvalue weighted by Gasteiger charge is 2.05. The first-order valence-corrected chi connectivity index (χ1v) is 5.48.